The molecule has 0 spiro atoms. The summed E-state index contributed by atoms with van der Waals surface area (Å²) in [6.07, 6.45) is 1.83. The van der Waals surface area contributed by atoms with Crippen molar-refractivity contribution in [2.75, 3.05) is 11.4 Å². The molecule has 0 bridgehead atoms. The minimum atomic E-state index is -0.891. The first-order valence-corrected chi connectivity index (χ1v) is 7.32. The first kappa shape index (κ1) is 15.2. The molecule has 1 aliphatic heterocycles. The SMILES string of the molecule is C=CC(=O)NC1Cc2ccccc2N(c2cccc(F)c2F)C1. The summed E-state index contributed by atoms with van der Waals surface area (Å²) in [4.78, 5) is 13.3. The number of hydrogen-bond acceptors (Lipinski definition) is 2. The number of hydrogen-bond donors (Lipinski definition) is 1. The summed E-state index contributed by atoms with van der Waals surface area (Å²) in [5, 5.41) is 2.83. The molecule has 3 rings (SSSR count). The van der Waals surface area contributed by atoms with Crippen LogP contribution in [-0.2, 0) is 11.2 Å². The lowest BCUT2D eigenvalue weighted by atomic mass is 9.97. The second kappa shape index (κ2) is 6.20. The van der Waals surface area contributed by atoms with E-state index in [9.17, 15) is 13.6 Å². The fourth-order valence-electron chi connectivity index (χ4n) is 2.88. The second-order valence-electron chi connectivity index (χ2n) is 5.43. The van der Waals surface area contributed by atoms with E-state index >= 15 is 0 Å². The average molecular weight is 314 g/mol. The van der Waals surface area contributed by atoms with Crippen LogP contribution in [0.4, 0.5) is 20.2 Å². The summed E-state index contributed by atoms with van der Waals surface area (Å²) in [5.41, 5.74) is 1.95. The highest BCUT2D eigenvalue weighted by atomic mass is 19.2. The van der Waals surface area contributed by atoms with Crippen LogP contribution in [0.2, 0.25) is 0 Å². The van der Waals surface area contributed by atoms with Gasteiger partial charge in [0.2, 0.25) is 5.91 Å². The van der Waals surface area contributed by atoms with Crippen molar-refractivity contribution in [3.63, 3.8) is 0 Å². The predicted molar refractivity (Wildman–Crippen MR) is 85.6 cm³/mol. The van der Waals surface area contributed by atoms with Crippen LogP contribution in [0.15, 0.2) is 55.1 Å². The molecule has 118 valence electrons. The van der Waals surface area contributed by atoms with E-state index in [1.807, 2.05) is 24.3 Å². The number of carbonyl (C=O) groups is 1. The van der Waals surface area contributed by atoms with Crippen LogP contribution < -0.4 is 10.2 Å². The molecule has 1 unspecified atom stereocenters. The van der Waals surface area contributed by atoms with E-state index in [2.05, 4.69) is 11.9 Å². The monoisotopic (exact) mass is 314 g/mol. The molecule has 0 saturated heterocycles. The van der Waals surface area contributed by atoms with E-state index in [1.54, 1.807) is 4.90 Å². The fraction of sp³-hybridized carbons (Fsp3) is 0.167. The summed E-state index contributed by atoms with van der Waals surface area (Å²) in [7, 11) is 0. The lowest BCUT2D eigenvalue weighted by Gasteiger charge is -2.36. The van der Waals surface area contributed by atoms with Crippen LogP contribution in [0.25, 0.3) is 0 Å². The van der Waals surface area contributed by atoms with Crippen molar-refractivity contribution in [1.82, 2.24) is 5.32 Å². The quantitative estimate of drug-likeness (QED) is 0.881. The van der Waals surface area contributed by atoms with Crippen molar-refractivity contribution >= 4 is 17.3 Å². The number of carbonyl (C=O) groups excluding carboxylic acids is 1. The Morgan fingerprint density at radius 2 is 1.91 bits per heavy atom. The molecular weight excluding hydrogens is 298 g/mol. The zero-order valence-electron chi connectivity index (χ0n) is 12.4. The molecule has 0 radical (unpaired) electrons. The Kier molecular flexibility index (Phi) is 4.10. The molecule has 1 atom stereocenters. The maximum Gasteiger partial charge on any atom is 0.243 e. The van der Waals surface area contributed by atoms with Gasteiger partial charge in [0.1, 0.15) is 0 Å². The van der Waals surface area contributed by atoms with Crippen molar-refractivity contribution in [2.24, 2.45) is 0 Å². The minimum Gasteiger partial charge on any atom is -0.348 e. The van der Waals surface area contributed by atoms with Crippen LogP contribution in [0.3, 0.4) is 0 Å². The van der Waals surface area contributed by atoms with Gasteiger partial charge in [-0.05, 0) is 36.3 Å². The second-order valence-corrected chi connectivity index (χ2v) is 5.43. The zero-order chi connectivity index (χ0) is 16.4. The molecule has 3 nitrogen and oxygen atoms in total. The van der Waals surface area contributed by atoms with Gasteiger partial charge in [0, 0.05) is 12.2 Å². The molecule has 23 heavy (non-hydrogen) atoms. The van der Waals surface area contributed by atoms with E-state index in [4.69, 9.17) is 0 Å². The summed E-state index contributed by atoms with van der Waals surface area (Å²) >= 11 is 0. The molecule has 0 fully saturated rings. The highest BCUT2D eigenvalue weighted by Crippen LogP contribution is 2.35. The van der Waals surface area contributed by atoms with Crippen LogP contribution >= 0.6 is 0 Å². The molecule has 1 amide bonds. The van der Waals surface area contributed by atoms with Crippen LogP contribution in [-0.4, -0.2) is 18.5 Å². The molecule has 2 aromatic rings. The van der Waals surface area contributed by atoms with Gasteiger partial charge >= 0.3 is 0 Å². The number of fused-ring (bicyclic) bond motifs is 1. The highest BCUT2D eigenvalue weighted by Gasteiger charge is 2.28. The smallest absolute Gasteiger partial charge is 0.243 e. The predicted octanol–water partition coefficient (Wildman–Crippen LogP) is 3.33. The molecule has 5 heteroatoms. The molecule has 1 aliphatic rings. The normalized spacial score (nSPS) is 16.6. The Morgan fingerprint density at radius 1 is 1.17 bits per heavy atom. The standard InChI is InChI=1S/C18H16F2N2O/c1-2-17(23)21-13-10-12-6-3-4-8-15(12)22(11-13)16-9-5-7-14(19)18(16)20/h2-9,13H,1,10-11H2,(H,21,23). The first-order chi connectivity index (χ1) is 11.1. The number of para-hydroxylation sites is 1. The number of halogens is 2. The van der Waals surface area contributed by atoms with Gasteiger partial charge in [-0.15, -0.1) is 0 Å². The van der Waals surface area contributed by atoms with E-state index < -0.39 is 11.6 Å². The van der Waals surface area contributed by atoms with Gasteiger partial charge in [0.05, 0.1) is 11.7 Å². The van der Waals surface area contributed by atoms with Gasteiger partial charge in [-0.1, -0.05) is 30.8 Å². The third-order valence-corrected chi connectivity index (χ3v) is 3.91. The Bertz CT molecular complexity index is 760. The Hall–Kier alpha value is -2.69. The number of benzene rings is 2. The lowest BCUT2D eigenvalue weighted by Crippen LogP contribution is -2.46. The van der Waals surface area contributed by atoms with Gasteiger partial charge in [0.25, 0.3) is 0 Å². The van der Waals surface area contributed by atoms with Gasteiger partial charge in [-0.25, -0.2) is 8.78 Å². The molecule has 0 aromatic heterocycles. The third kappa shape index (κ3) is 2.95. The minimum absolute atomic E-state index is 0.162. The average Bonchev–Trinajstić information content (AvgIpc) is 2.56. The largest absolute Gasteiger partial charge is 0.348 e. The topological polar surface area (TPSA) is 32.3 Å². The van der Waals surface area contributed by atoms with Crippen molar-refractivity contribution in [1.29, 1.82) is 0 Å². The molecule has 1 heterocycles. The maximum absolute atomic E-state index is 14.2. The summed E-state index contributed by atoms with van der Waals surface area (Å²) in [6, 6.07) is 11.4. The number of nitrogens with zero attached hydrogens (tertiary/aromatic N) is 1. The zero-order valence-corrected chi connectivity index (χ0v) is 12.4. The van der Waals surface area contributed by atoms with Gasteiger partial charge in [-0.2, -0.15) is 0 Å². The Morgan fingerprint density at radius 3 is 2.70 bits per heavy atom. The van der Waals surface area contributed by atoms with E-state index in [0.717, 1.165) is 17.3 Å². The highest BCUT2D eigenvalue weighted by molar-refractivity contribution is 5.87. The fourth-order valence-corrected chi connectivity index (χ4v) is 2.88. The number of rotatable bonds is 3. The molecular formula is C18H16F2N2O. The van der Waals surface area contributed by atoms with E-state index in [1.165, 1.54) is 18.2 Å². The Balaban J connectivity index is 2.02. The molecule has 0 aliphatic carbocycles. The number of anilines is 2. The summed E-state index contributed by atoms with van der Waals surface area (Å²) in [6.45, 7) is 3.80. The van der Waals surface area contributed by atoms with Crippen molar-refractivity contribution in [3.8, 4) is 0 Å². The maximum atomic E-state index is 14.2. The van der Waals surface area contributed by atoms with Crippen LogP contribution in [0.1, 0.15) is 5.56 Å². The molecule has 1 N–H and O–H groups in total. The molecule has 2 aromatic carbocycles. The first-order valence-electron chi connectivity index (χ1n) is 7.32. The summed E-state index contributed by atoms with van der Waals surface area (Å²) < 4.78 is 27.8. The van der Waals surface area contributed by atoms with E-state index in [-0.39, 0.29) is 17.6 Å². The lowest BCUT2D eigenvalue weighted by molar-refractivity contribution is -0.117. The molecule has 0 saturated carbocycles. The van der Waals surface area contributed by atoms with Crippen LogP contribution in [0.5, 0.6) is 0 Å². The van der Waals surface area contributed by atoms with Gasteiger partial charge in [0.15, 0.2) is 11.6 Å². The van der Waals surface area contributed by atoms with Crippen molar-refractivity contribution in [2.45, 2.75) is 12.5 Å². The number of nitrogens with one attached hydrogen (secondary N) is 1. The van der Waals surface area contributed by atoms with Crippen molar-refractivity contribution in [3.05, 3.63) is 72.3 Å². The third-order valence-electron chi connectivity index (χ3n) is 3.91. The van der Waals surface area contributed by atoms with Crippen molar-refractivity contribution < 1.29 is 13.6 Å². The number of amides is 1. The Labute approximate surface area is 133 Å². The van der Waals surface area contributed by atoms with Crippen LogP contribution in [0, 0.1) is 11.6 Å². The van der Waals surface area contributed by atoms with E-state index in [0.29, 0.717) is 13.0 Å². The van der Waals surface area contributed by atoms with Gasteiger partial charge in [-0.3, -0.25) is 4.79 Å². The van der Waals surface area contributed by atoms with Gasteiger partial charge < -0.3 is 10.2 Å². The summed E-state index contributed by atoms with van der Waals surface area (Å²) in [5.74, 6) is -2.07.